The molecule has 6 nitrogen and oxygen atoms in total. The lowest BCUT2D eigenvalue weighted by Gasteiger charge is -2.16. The number of nitrogens with one attached hydrogen (secondary N) is 2. The topological polar surface area (TPSA) is 89.3 Å². The molecule has 6 heteroatoms. The van der Waals surface area contributed by atoms with Crippen LogP contribution >= 0.6 is 0 Å². The number of aromatic nitrogens is 1. The van der Waals surface area contributed by atoms with Crippen molar-refractivity contribution in [2.45, 2.75) is 19.4 Å². The first-order valence-corrected chi connectivity index (χ1v) is 8.63. The number of rotatable bonds is 4. The molecule has 1 heterocycles. The molecular formula is C20H20N4O2. The highest BCUT2D eigenvalue weighted by Gasteiger charge is 2.24. The van der Waals surface area contributed by atoms with E-state index >= 15 is 0 Å². The summed E-state index contributed by atoms with van der Waals surface area (Å²) in [5, 5.41) is 8.62. The Morgan fingerprint density at radius 3 is 2.81 bits per heavy atom. The molecular weight excluding hydrogens is 328 g/mol. The van der Waals surface area contributed by atoms with Gasteiger partial charge in [0.05, 0.1) is 18.3 Å². The fourth-order valence-electron chi connectivity index (χ4n) is 3.49. The Morgan fingerprint density at radius 2 is 2.04 bits per heavy atom. The van der Waals surface area contributed by atoms with Crippen molar-refractivity contribution >= 4 is 34.2 Å². The van der Waals surface area contributed by atoms with E-state index in [9.17, 15) is 4.79 Å². The first kappa shape index (κ1) is 16.2. The molecule has 132 valence electrons. The molecule has 4 rings (SSSR count). The highest BCUT2D eigenvalue weighted by Crippen LogP contribution is 2.38. The van der Waals surface area contributed by atoms with Crippen LogP contribution in [0.4, 0.5) is 22.1 Å². The number of hydrogen-bond donors (Lipinski definition) is 3. The largest absolute Gasteiger partial charge is 0.450 e. The van der Waals surface area contributed by atoms with Crippen LogP contribution in [0.1, 0.15) is 24.1 Å². The zero-order chi connectivity index (χ0) is 18.1. The van der Waals surface area contributed by atoms with Gasteiger partial charge in [-0.3, -0.25) is 5.32 Å². The van der Waals surface area contributed by atoms with Gasteiger partial charge in [0.15, 0.2) is 0 Å². The minimum atomic E-state index is -0.542. The van der Waals surface area contributed by atoms with Gasteiger partial charge in [0.25, 0.3) is 0 Å². The summed E-state index contributed by atoms with van der Waals surface area (Å²) < 4.78 is 4.86. The molecule has 0 spiro atoms. The zero-order valence-corrected chi connectivity index (χ0v) is 14.5. The van der Waals surface area contributed by atoms with E-state index in [4.69, 9.17) is 10.5 Å². The van der Waals surface area contributed by atoms with Crippen LogP contribution in [0.2, 0.25) is 0 Å². The lowest BCUT2D eigenvalue weighted by molar-refractivity contribution is 0.168. The average Bonchev–Trinajstić information content (AvgIpc) is 2.98. The summed E-state index contributed by atoms with van der Waals surface area (Å²) >= 11 is 0. The van der Waals surface area contributed by atoms with E-state index in [0.717, 1.165) is 6.42 Å². The van der Waals surface area contributed by atoms with E-state index in [2.05, 4.69) is 52.0 Å². The zero-order valence-electron chi connectivity index (χ0n) is 14.5. The number of hydrogen-bond acceptors (Lipinski definition) is 5. The van der Waals surface area contributed by atoms with Crippen molar-refractivity contribution in [3.8, 4) is 0 Å². The minimum absolute atomic E-state index is 0.145. The number of pyridine rings is 1. The van der Waals surface area contributed by atoms with Gasteiger partial charge in [0.2, 0.25) is 0 Å². The predicted octanol–water partition coefficient (Wildman–Crippen LogP) is 4.09. The van der Waals surface area contributed by atoms with Gasteiger partial charge < -0.3 is 15.8 Å². The summed E-state index contributed by atoms with van der Waals surface area (Å²) in [7, 11) is 0. The second-order valence-electron chi connectivity index (χ2n) is 6.24. The van der Waals surface area contributed by atoms with Crippen LogP contribution < -0.4 is 16.4 Å². The smallest absolute Gasteiger partial charge is 0.411 e. The van der Waals surface area contributed by atoms with Crippen molar-refractivity contribution in [1.82, 2.24) is 4.98 Å². The standard InChI is InChI=1S/C20H20N4O2/c1-2-26-20(25)23-15-9-10-17(24-19(15)21)22-16-11-13-7-3-5-12-6-4-8-14(16)18(12)13/h3-10,16H,2,11H2,1H3,(H,23,25)(H3,21,22,24). The molecule has 1 unspecified atom stereocenters. The van der Waals surface area contributed by atoms with Crippen molar-refractivity contribution in [1.29, 1.82) is 0 Å². The monoisotopic (exact) mass is 348 g/mol. The molecule has 0 radical (unpaired) electrons. The Balaban J connectivity index is 1.55. The molecule has 0 fully saturated rings. The number of anilines is 3. The summed E-state index contributed by atoms with van der Waals surface area (Å²) in [5.41, 5.74) is 9.02. The SMILES string of the molecule is CCOC(=O)Nc1ccc(NC2Cc3cccc4cccc2c34)nc1N. The predicted molar refractivity (Wildman–Crippen MR) is 103 cm³/mol. The summed E-state index contributed by atoms with van der Waals surface area (Å²) in [6, 6.07) is 16.4. The van der Waals surface area contributed by atoms with Gasteiger partial charge >= 0.3 is 6.09 Å². The lowest BCUT2D eigenvalue weighted by Crippen LogP contribution is -2.16. The number of benzene rings is 2. The van der Waals surface area contributed by atoms with Gasteiger partial charge in [-0.2, -0.15) is 0 Å². The van der Waals surface area contributed by atoms with Crippen molar-refractivity contribution in [3.05, 3.63) is 59.7 Å². The number of nitrogen functional groups attached to an aromatic ring is 1. The summed E-state index contributed by atoms with van der Waals surface area (Å²) in [6.45, 7) is 2.04. The number of carbonyl (C=O) groups excluding carboxylic acids is 1. The lowest BCUT2D eigenvalue weighted by atomic mass is 10.0. The van der Waals surface area contributed by atoms with E-state index in [1.165, 1.54) is 21.9 Å². The Labute approximate surface area is 151 Å². The number of amides is 1. The molecule has 0 aliphatic heterocycles. The van der Waals surface area contributed by atoms with Crippen molar-refractivity contribution in [3.63, 3.8) is 0 Å². The number of nitrogens with zero attached hydrogens (tertiary/aromatic N) is 1. The maximum absolute atomic E-state index is 11.5. The minimum Gasteiger partial charge on any atom is -0.450 e. The molecule has 26 heavy (non-hydrogen) atoms. The van der Waals surface area contributed by atoms with Gasteiger partial charge in [0, 0.05) is 0 Å². The molecule has 0 bridgehead atoms. The number of ether oxygens (including phenoxy) is 1. The molecule has 1 aromatic heterocycles. The van der Waals surface area contributed by atoms with Crippen LogP contribution in [0.3, 0.4) is 0 Å². The van der Waals surface area contributed by atoms with E-state index in [0.29, 0.717) is 18.1 Å². The molecule has 1 aliphatic carbocycles. The average molecular weight is 348 g/mol. The summed E-state index contributed by atoms with van der Waals surface area (Å²) in [5.74, 6) is 0.920. The van der Waals surface area contributed by atoms with Gasteiger partial charge in [-0.1, -0.05) is 36.4 Å². The van der Waals surface area contributed by atoms with E-state index in [1.54, 1.807) is 19.1 Å². The second-order valence-corrected chi connectivity index (χ2v) is 6.24. The van der Waals surface area contributed by atoms with Crippen LogP contribution in [0.5, 0.6) is 0 Å². The highest BCUT2D eigenvalue weighted by molar-refractivity contribution is 5.92. The summed E-state index contributed by atoms with van der Waals surface area (Å²) in [6.07, 6.45) is 0.362. The van der Waals surface area contributed by atoms with Crippen molar-refractivity contribution in [2.75, 3.05) is 23.0 Å². The Bertz CT molecular complexity index is 981. The Morgan fingerprint density at radius 1 is 1.23 bits per heavy atom. The highest BCUT2D eigenvalue weighted by atomic mass is 16.5. The summed E-state index contributed by atoms with van der Waals surface area (Å²) in [4.78, 5) is 15.9. The molecule has 1 aliphatic rings. The first-order chi connectivity index (χ1) is 12.7. The quantitative estimate of drug-likeness (QED) is 0.661. The van der Waals surface area contributed by atoms with Crippen molar-refractivity contribution < 1.29 is 9.53 Å². The fourth-order valence-corrected chi connectivity index (χ4v) is 3.49. The third kappa shape index (κ3) is 2.90. The molecule has 1 amide bonds. The van der Waals surface area contributed by atoms with Crippen LogP contribution in [0, 0.1) is 0 Å². The van der Waals surface area contributed by atoms with Crippen LogP contribution in [-0.4, -0.2) is 17.7 Å². The molecule has 1 atom stereocenters. The van der Waals surface area contributed by atoms with Gasteiger partial charge in [-0.15, -0.1) is 0 Å². The number of nitrogens with two attached hydrogens (primary N) is 1. The van der Waals surface area contributed by atoms with Crippen molar-refractivity contribution in [2.24, 2.45) is 0 Å². The fraction of sp³-hybridized carbons (Fsp3) is 0.200. The van der Waals surface area contributed by atoms with Crippen LogP contribution in [0.25, 0.3) is 10.8 Å². The Kier molecular flexibility index (Phi) is 4.08. The molecule has 3 aromatic rings. The molecule has 2 aromatic carbocycles. The van der Waals surface area contributed by atoms with E-state index in [1.807, 2.05) is 0 Å². The maximum Gasteiger partial charge on any atom is 0.411 e. The van der Waals surface area contributed by atoms with Gasteiger partial charge in [0.1, 0.15) is 11.6 Å². The second kappa shape index (κ2) is 6.55. The van der Waals surface area contributed by atoms with E-state index in [-0.39, 0.29) is 11.9 Å². The third-order valence-electron chi connectivity index (χ3n) is 4.58. The first-order valence-electron chi connectivity index (χ1n) is 8.63. The molecule has 4 N–H and O–H groups in total. The van der Waals surface area contributed by atoms with Crippen LogP contribution in [-0.2, 0) is 11.2 Å². The maximum atomic E-state index is 11.5. The van der Waals surface area contributed by atoms with E-state index < -0.39 is 6.09 Å². The normalized spacial score (nSPS) is 15.0. The molecule has 0 saturated carbocycles. The third-order valence-corrected chi connectivity index (χ3v) is 4.58. The van der Waals surface area contributed by atoms with Crippen LogP contribution in [0.15, 0.2) is 48.5 Å². The Hall–Kier alpha value is -3.28. The number of carbonyl (C=O) groups is 1. The van der Waals surface area contributed by atoms with Gasteiger partial charge in [-0.25, -0.2) is 9.78 Å². The van der Waals surface area contributed by atoms with Gasteiger partial charge in [-0.05, 0) is 47.4 Å². The molecule has 0 saturated heterocycles.